The van der Waals surface area contributed by atoms with Crippen LogP contribution in [0.1, 0.15) is 45.1 Å². The summed E-state index contributed by atoms with van der Waals surface area (Å²) >= 11 is 10.6. The Bertz CT molecular complexity index is 1270. The SMILES string of the molecule is CCCC[C@@H](CC)CN1C(=O)/C(=C\c2cn(-c3ccccc3)nc2-c2ccc(OC)c(Br)c2)SC1=S. The Morgan fingerprint density at radius 1 is 1.19 bits per heavy atom. The summed E-state index contributed by atoms with van der Waals surface area (Å²) in [6, 6.07) is 15.8. The number of hydrogen-bond donors (Lipinski definition) is 0. The normalized spacial score (nSPS) is 15.7. The van der Waals surface area contributed by atoms with Crippen molar-refractivity contribution in [1.82, 2.24) is 14.7 Å². The molecule has 0 bridgehead atoms. The zero-order valence-corrected chi connectivity index (χ0v) is 24.0. The number of unbranched alkanes of at least 4 members (excludes halogenated alkanes) is 1. The number of hydrogen-bond acceptors (Lipinski definition) is 5. The van der Waals surface area contributed by atoms with E-state index in [9.17, 15) is 4.79 Å². The molecule has 1 amide bonds. The third kappa shape index (κ3) is 5.93. The van der Waals surface area contributed by atoms with Crippen LogP contribution < -0.4 is 4.74 Å². The Kier molecular flexibility index (Phi) is 9.04. The van der Waals surface area contributed by atoms with E-state index in [-0.39, 0.29) is 5.91 Å². The van der Waals surface area contributed by atoms with Crippen molar-refractivity contribution in [3.63, 3.8) is 0 Å². The number of aromatic nitrogens is 2. The molecule has 2 heterocycles. The van der Waals surface area contributed by atoms with Crippen LogP contribution >= 0.6 is 39.9 Å². The number of methoxy groups -OCH3 is 1. The highest BCUT2D eigenvalue weighted by atomic mass is 79.9. The van der Waals surface area contributed by atoms with Crippen molar-refractivity contribution in [3.8, 4) is 22.7 Å². The van der Waals surface area contributed by atoms with Crippen molar-refractivity contribution >= 4 is 56.2 Å². The third-order valence-electron chi connectivity index (χ3n) is 6.33. The first-order chi connectivity index (χ1) is 17.4. The van der Waals surface area contributed by atoms with Gasteiger partial charge in [-0.1, -0.05) is 75.3 Å². The van der Waals surface area contributed by atoms with Crippen molar-refractivity contribution in [2.24, 2.45) is 5.92 Å². The average Bonchev–Trinajstić information content (AvgIpc) is 3.43. The van der Waals surface area contributed by atoms with Crippen molar-refractivity contribution in [2.45, 2.75) is 39.5 Å². The van der Waals surface area contributed by atoms with Gasteiger partial charge in [0.05, 0.1) is 22.2 Å². The predicted octanol–water partition coefficient (Wildman–Crippen LogP) is 7.73. The quantitative estimate of drug-likeness (QED) is 0.180. The van der Waals surface area contributed by atoms with Gasteiger partial charge in [0.1, 0.15) is 15.8 Å². The highest BCUT2D eigenvalue weighted by Gasteiger charge is 2.33. The molecule has 3 aromatic rings. The highest BCUT2D eigenvalue weighted by Crippen LogP contribution is 2.37. The van der Waals surface area contributed by atoms with Gasteiger partial charge < -0.3 is 4.74 Å². The molecule has 1 fully saturated rings. The first kappa shape index (κ1) is 26.6. The summed E-state index contributed by atoms with van der Waals surface area (Å²) in [7, 11) is 1.64. The van der Waals surface area contributed by atoms with E-state index in [2.05, 4.69) is 29.8 Å². The molecule has 5 nitrogen and oxygen atoms in total. The molecule has 1 aliphatic rings. The van der Waals surface area contributed by atoms with Gasteiger partial charge in [-0.3, -0.25) is 9.69 Å². The summed E-state index contributed by atoms with van der Waals surface area (Å²) in [6.45, 7) is 5.06. The molecule has 0 unspecified atom stereocenters. The lowest BCUT2D eigenvalue weighted by atomic mass is 9.99. The largest absolute Gasteiger partial charge is 0.496 e. The van der Waals surface area contributed by atoms with E-state index in [1.165, 1.54) is 18.2 Å². The topological polar surface area (TPSA) is 47.4 Å². The zero-order valence-electron chi connectivity index (χ0n) is 20.7. The van der Waals surface area contributed by atoms with Gasteiger partial charge in [0.25, 0.3) is 5.91 Å². The molecule has 0 aliphatic carbocycles. The molecule has 4 rings (SSSR count). The fraction of sp³-hybridized carbons (Fsp3) is 0.321. The number of halogens is 1. The Labute approximate surface area is 231 Å². The van der Waals surface area contributed by atoms with Gasteiger partial charge in [0.2, 0.25) is 0 Å². The fourth-order valence-corrected chi connectivity index (χ4v) is 6.02. The number of benzene rings is 2. The molecule has 2 aromatic carbocycles. The summed E-state index contributed by atoms with van der Waals surface area (Å²) in [6.07, 6.45) is 8.37. The zero-order chi connectivity index (χ0) is 25.7. The van der Waals surface area contributed by atoms with Crippen LogP contribution in [-0.2, 0) is 4.79 Å². The van der Waals surface area contributed by atoms with E-state index in [1.807, 2.05) is 65.5 Å². The highest BCUT2D eigenvalue weighted by molar-refractivity contribution is 9.10. The van der Waals surface area contributed by atoms with Crippen molar-refractivity contribution in [1.29, 1.82) is 0 Å². The second kappa shape index (κ2) is 12.2. The molecule has 1 saturated heterocycles. The molecular formula is C28H30BrN3O2S2. The Morgan fingerprint density at radius 2 is 1.97 bits per heavy atom. The molecule has 0 saturated carbocycles. The predicted molar refractivity (Wildman–Crippen MR) is 156 cm³/mol. The van der Waals surface area contributed by atoms with E-state index < -0.39 is 0 Å². The van der Waals surface area contributed by atoms with E-state index in [0.717, 1.165) is 52.0 Å². The lowest BCUT2D eigenvalue weighted by Gasteiger charge is -2.21. The van der Waals surface area contributed by atoms with Crippen molar-refractivity contribution < 1.29 is 9.53 Å². The van der Waals surface area contributed by atoms with Crippen LogP contribution in [0.15, 0.2) is 64.1 Å². The fourth-order valence-electron chi connectivity index (χ4n) is 4.22. The number of thiocarbonyl (C=S) groups is 1. The number of thioether (sulfide) groups is 1. The maximum absolute atomic E-state index is 13.4. The number of nitrogens with zero attached hydrogens (tertiary/aromatic N) is 3. The second-order valence-electron chi connectivity index (χ2n) is 8.77. The van der Waals surface area contributed by atoms with Crippen molar-refractivity contribution in [2.75, 3.05) is 13.7 Å². The average molecular weight is 585 g/mol. The van der Waals surface area contributed by atoms with Crippen LogP contribution in [0, 0.1) is 5.92 Å². The Balaban J connectivity index is 1.70. The van der Waals surface area contributed by atoms with E-state index in [1.54, 1.807) is 12.0 Å². The molecular weight excluding hydrogens is 554 g/mol. The summed E-state index contributed by atoms with van der Waals surface area (Å²) in [5.41, 5.74) is 3.50. The smallest absolute Gasteiger partial charge is 0.266 e. The Hall–Kier alpha value is -2.42. The molecule has 0 spiro atoms. The number of amides is 1. The van der Waals surface area contributed by atoms with E-state index in [4.69, 9.17) is 22.1 Å². The number of para-hydroxylation sites is 1. The molecule has 1 aliphatic heterocycles. The summed E-state index contributed by atoms with van der Waals surface area (Å²) in [4.78, 5) is 15.8. The minimum atomic E-state index is -0.0192. The first-order valence-electron chi connectivity index (χ1n) is 12.2. The number of carbonyl (C=O) groups excluding carboxylic acids is 1. The molecule has 188 valence electrons. The van der Waals surface area contributed by atoms with E-state index in [0.29, 0.717) is 21.7 Å². The maximum Gasteiger partial charge on any atom is 0.266 e. The molecule has 36 heavy (non-hydrogen) atoms. The summed E-state index contributed by atoms with van der Waals surface area (Å²) < 4.78 is 8.71. The minimum Gasteiger partial charge on any atom is -0.496 e. The lowest BCUT2D eigenvalue weighted by Crippen LogP contribution is -2.33. The monoisotopic (exact) mass is 583 g/mol. The first-order valence-corrected chi connectivity index (χ1v) is 14.2. The van der Waals surface area contributed by atoms with Gasteiger partial charge in [0, 0.05) is 23.9 Å². The van der Waals surface area contributed by atoms with Crippen LogP contribution in [0.5, 0.6) is 5.75 Å². The Morgan fingerprint density at radius 3 is 2.64 bits per heavy atom. The van der Waals surface area contributed by atoms with Crippen LogP contribution in [-0.4, -0.2) is 38.6 Å². The minimum absolute atomic E-state index is 0.0192. The standard InChI is InChI=1S/C28H30BrN3O2S2/c1-4-6-10-19(5-2)17-31-27(33)25(36-28(31)35)16-21-18-32(22-11-8-7-9-12-22)30-26(21)20-13-14-24(34-3)23(29)15-20/h7-9,11-16,18-19H,4-6,10,17H2,1-3H3/b25-16+/t19-/m1/s1. The third-order valence-corrected chi connectivity index (χ3v) is 8.33. The van der Waals surface area contributed by atoms with Gasteiger partial charge >= 0.3 is 0 Å². The summed E-state index contributed by atoms with van der Waals surface area (Å²) in [5, 5.41) is 4.89. The second-order valence-corrected chi connectivity index (χ2v) is 11.3. The number of carbonyl (C=O) groups is 1. The summed E-state index contributed by atoms with van der Waals surface area (Å²) in [5.74, 6) is 1.19. The molecule has 0 radical (unpaired) electrons. The molecule has 1 aromatic heterocycles. The number of rotatable bonds is 10. The van der Waals surface area contributed by atoms with Crippen LogP contribution in [0.2, 0.25) is 0 Å². The molecule has 0 N–H and O–H groups in total. The molecule has 1 atom stereocenters. The van der Waals surface area contributed by atoms with Crippen LogP contribution in [0.25, 0.3) is 23.0 Å². The van der Waals surface area contributed by atoms with Gasteiger partial charge in [-0.2, -0.15) is 5.10 Å². The lowest BCUT2D eigenvalue weighted by molar-refractivity contribution is -0.122. The maximum atomic E-state index is 13.4. The van der Waals surface area contributed by atoms with Gasteiger partial charge in [-0.25, -0.2) is 4.68 Å². The van der Waals surface area contributed by atoms with E-state index >= 15 is 0 Å². The van der Waals surface area contributed by atoms with Gasteiger partial charge in [0.15, 0.2) is 0 Å². The molecule has 8 heteroatoms. The van der Waals surface area contributed by atoms with Crippen LogP contribution in [0.3, 0.4) is 0 Å². The van der Waals surface area contributed by atoms with Gasteiger partial charge in [-0.15, -0.1) is 0 Å². The number of ether oxygens (including phenoxy) is 1. The van der Waals surface area contributed by atoms with Crippen molar-refractivity contribution in [3.05, 3.63) is 69.7 Å². The van der Waals surface area contributed by atoms with Gasteiger partial charge in [-0.05, 0) is 64.7 Å². The van der Waals surface area contributed by atoms with Crippen LogP contribution in [0.4, 0.5) is 0 Å².